The molecule has 5 heteroatoms. The number of carbonyl (C=O) groups is 1. The van der Waals surface area contributed by atoms with Crippen LogP contribution in [0.1, 0.15) is 41.7 Å². The number of rotatable bonds is 7. The predicted octanol–water partition coefficient (Wildman–Crippen LogP) is 5.01. The first kappa shape index (κ1) is 19.4. The molecular weight excluding hydrogens is 354 g/mol. The summed E-state index contributed by atoms with van der Waals surface area (Å²) >= 11 is 1.69. The molecule has 0 aliphatic carbocycles. The fourth-order valence-electron chi connectivity index (χ4n) is 3.35. The molecule has 3 rings (SSSR count). The minimum absolute atomic E-state index is 0.0885. The van der Waals surface area contributed by atoms with Gasteiger partial charge < -0.3 is 4.90 Å². The maximum absolute atomic E-state index is 13.1. The number of benzene rings is 1. The molecule has 1 aromatic carbocycles. The van der Waals surface area contributed by atoms with Gasteiger partial charge in [-0.2, -0.15) is 5.10 Å². The van der Waals surface area contributed by atoms with Crippen molar-refractivity contribution in [1.82, 2.24) is 14.7 Å². The molecule has 142 valence electrons. The molecule has 0 saturated heterocycles. The summed E-state index contributed by atoms with van der Waals surface area (Å²) in [7, 11) is 1.97. The second kappa shape index (κ2) is 8.53. The summed E-state index contributed by atoms with van der Waals surface area (Å²) in [6.45, 7) is 7.84. The van der Waals surface area contributed by atoms with E-state index in [1.807, 2.05) is 53.2 Å². The van der Waals surface area contributed by atoms with Crippen molar-refractivity contribution in [3.05, 3.63) is 64.1 Å². The van der Waals surface area contributed by atoms with E-state index in [9.17, 15) is 4.79 Å². The minimum Gasteiger partial charge on any atom is -0.333 e. The first-order valence-corrected chi connectivity index (χ1v) is 10.3. The van der Waals surface area contributed by atoms with Crippen molar-refractivity contribution in [3.8, 4) is 11.1 Å². The Morgan fingerprint density at radius 2 is 1.96 bits per heavy atom. The summed E-state index contributed by atoms with van der Waals surface area (Å²) in [6.07, 6.45) is 2.83. The smallest absolute Gasteiger partial charge is 0.254 e. The van der Waals surface area contributed by atoms with Crippen molar-refractivity contribution in [2.75, 3.05) is 6.54 Å². The monoisotopic (exact) mass is 381 g/mol. The Kier molecular flexibility index (Phi) is 6.11. The highest BCUT2D eigenvalue weighted by atomic mass is 32.1. The molecule has 27 heavy (non-hydrogen) atoms. The molecule has 1 amide bonds. The Balaban J connectivity index is 1.82. The molecule has 0 saturated carbocycles. The van der Waals surface area contributed by atoms with Crippen molar-refractivity contribution in [2.45, 2.75) is 33.7 Å². The van der Waals surface area contributed by atoms with E-state index in [0.717, 1.165) is 29.7 Å². The minimum atomic E-state index is 0.0885. The summed E-state index contributed by atoms with van der Waals surface area (Å²) in [5.41, 5.74) is 4.17. The Hall–Kier alpha value is -2.40. The van der Waals surface area contributed by atoms with Gasteiger partial charge >= 0.3 is 0 Å². The van der Waals surface area contributed by atoms with Crippen LogP contribution in [0.25, 0.3) is 11.1 Å². The van der Waals surface area contributed by atoms with Crippen molar-refractivity contribution in [1.29, 1.82) is 0 Å². The first-order chi connectivity index (χ1) is 13.0. The van der Waals surface area contributed by atoms with E-state index in [0.29, 0.717) is 12.5 Å². The lowest BCUT2D eigenvalue weighted by atomic mass is 10.0. The first-order valence-electron chi connectivity index (χ1n) is 9.42. The average Bonchev–Trinajstić information content (AvgIpc) is 3.29. The molecule has 4 nitrogen and oxygen atoms in total. The van der Waals surface area contributed by atoms with Gasteiger partial charge in [0.25, 0.3) is 5.91 Å². The second-order valence-electron chi connectivity index (χ2n) is 7.22. The van der Waals surface area contributed by atoms with Crippen molar-refractivity contribution in [3.63, 3.8) is 0 Å². The molecule has 0 atom stereocenters. The number of aromatic nitrogens is 2. The van der Waals surface area contributed by atoms with Crippen molar-refractivity contribution >= 4 is 17.2 Å². The number of carbonyl (C=O) groups excluding carboxylic acids is 1. The van der Waals surface area contributed by atoms with E-state index in [1.54, 1.807) is 11.3 Å². The molecule has 0 bridgehead atoms. The van der Waals surface area contributed by atoms with Gasteiger partial charge in [0.05, 0.1) is 12.7 Å². The third kappa shape index (κ3) is 4.48. The van der Waals surface area contributed by atoms with Gasteiger partial charge in [0.1, 0.15) is 0 Å². The predicted molar refractivity (Wildman–Crippen MR) is 112 cm³/mol. The van der Waals surface area contributed by atoms with Crippen molar-refractivity contribution in [2.24, 2.45) is 13.0 Å². The molecule has 0 fully saturated rings. The summed E-state index contributed by atoms with van der Waals surface area (Å²) in [6, 6.07) is 12.1. The third-order valence-electron chi connectivity index (χ3n) is 4.64. The summed E-state index contributed by atoms with van der Waals surface area (Å²) in [5, 5.41) is 6.42. The van der Waals surface area contributed by atoms with Gasteiger partial charge in [-0.3, -0.25) is 9.48 Å². The second-order valence-corrected chi connectivity index (χ2v) is 8.25. The molecule has 0 radical (unpaired) electrons. The van der Waals surface area contributed by atoms with E-state index in [4.69, 9.17) is 0 Å². The third-order valence-corrected chi connectivity index (χ3v) is 5.50. The van der Waals surface area contributed by atoms with Gasteiger partial charge in [-0.25, -0.2) is 0 Å². The highest BCUT2D eigenvalue weighted by Crippen LogP contribution is 2.25. The van der Waals surface area contributed by atoms with Crippen LogP contribution >= 0.6 is 11.3 Å². The highest BCUT2D eigenvalue weighted by molar-refractivity contribution is 7.09. The number of aryl methyl sites for hydroxylation is 1. The van der Waals surface area contributed by atoms with Crippen LogP contribution in [0.5, 0.6) is 0 Å². The molecular formula is C22H27N3OS. The Bertz CT molecular complexity index is 879. The summed E-state index contributed by atoms with van der Waals surface area (Å²) < 4.78 is 1.92. The Morgan fingerprint density at radius 3 is 2.56 bits per heavy atom. The van der Waals surface area contributed by atoms with Gasteiger partial charge in [-0.15, -0.1) is 11.3 Å². The topological polar surface area (TPSA) is 38.1 Å². The molecule has 0 spiro atoms. The van der Waals surface area contributed by atoms with Crippen LogP contribution in [0.3, 0.4) is 0 Å². The fourth-order valence-corrected chi connectivity index (χ4v) is 4.07. The Morgan fingerprint density at radius 1 is 1.22 bits per heavy atom. The quantitative estimate of drug-likeness (QED) is 0.577. The molecule has 2 heterocycles. The largest absolute Gasteiger partial charge is 0.333 e. The van der Waals surface area contributed by atoms with Gasteiger partial charge in [-0.05, 0) is 41.5 Å². The molecule has 2 aromatic heterocycles. The van der Waals surface area contributed by atoms with Crippen LogP contribution in [0.4, 0.5) is 0 Å². The summed E-state index contributed by atoms with van der Waals surface area (Å²) in [5.74, 6) is 0.515. The van der Waals surface area contributed by atoms with Crippen LogP contribution in [0.15, 0.2) is 48.0 Å². The number of hydrogen-bond acceptors (Lipinski definition) is 3. The lowest BCUT2D eigenvalue weighted by Gasteiger charge is -2.24. The van der Waals surface area contributed by atoms with E-state index in [1.165, 1.54) is 10.6 Å². The van der Waals surface area contributed by atoms with Crippen LogP contribution in [-0.4, -0.2) is 27.1 Å². The van der Waals surface area contributed by atoms with Gasteiger partial charge in [-0.1, -0.05) is 39.0 Å². The summed E-state index contributed by atoms with van der Waals surface area (Å²) in [4.78, 5) is 16.3. The van der Waals surface area contributed by atoms with Gasteiger partial charge in [0.2, 0.25) is 0 Å². The van der Waals surface area contributed by atoms with E-state index in [2.05, 4.69) is 37.3 Å². The molecule has 3 aromatic rings. The van der Waals surface area contributed by atoms with E-state index >= 15 is 0 Å². The van der Waals surface area contributed by atoms with E-state index in [-0.39, 0.29) is 5.91 Å². The maximum atomic E-state index is 13.1. The number of hydrogen-bond donors (Lipinski definition) is 0. The van der Waals surface area contributed by atoms with E-state index < -0.39 is 0 Å². The standard InChI is InChI=1S/C22H27N3OS/c1-5-21-20(13-23-24(21)4)17-8-10-18(11-9-17)22(26)25(14-16(2)3)15-19-7-6-12-27-19/h6-13,16H,5,14-15H2,1-4H3. The molecule has 0 N–H and O–H groups in total. The van der Waals surface area contributed by atoms with Crippen LogP contribution in [0, 0.1) is 5.92 Å². The number of amides is 1. The lowest BCUT2D eigenvalue weighted by molar-refractivity contribution is 0.0724. The van der Waals surface area contributed by atoms with Crippen LogP contribution < -0.4 is 0 Å². The molecule has 0 unspecified atom stereocenters. The average molecular weight is 382 g/mol. The van der Waals surface area contributed by atoms with Crippen LogP contribution in [0.2, 0.25) is 0 Å². The zero-order valence-corrected chi connectivity index (χ0v) is 17.3. The lowest BCUT2D eigenvalue weighted by Crippen LogP contribution is -2.33. The number of thiophene rings is 1. The zero-order valence-electron chi connectivity index (χ0n) is 16.5. The fraction of sp³-hybridized carbons (Fsp3) is 0.364. The molecule has 0 aliphatic rings. The zero-order chi connectivity index (χ0) is 19.4. The highest BCUT2D eigenvalue weighted by Gasteiger charge is 2.18. The SMILES string of the molecule is CCc1c(-c2ccc(C(=O)N(Cc3cccs3)CC(C)C)cc2)cnn1C. The van der Waals surface area contributed by atoms with Crippen LogP contribution in [-0.2, 0) is 20.0 Å². The maximum Gasteiger partial charge on any atom is 0.254 e. The van der Waals surface area contributed by atoms with Crippen molar-refractivity contribution < 1.29 is 4.79 Å². The number of nitrogens with zero attached hydrogens (tertiary/aromatic N) is 3. The normalized spacial score (nSPS) is 11.1. The Labute approximate surface area is 165 Å². The van der Waals surface area contributed by atoms with Gasteiger partial charge in [0, 0.05) is 35.3 Å². The molecule has 0 aliphatic heterocycles. The van der Waals surface area contributed by atoms with Gasteiger partial charge in [0.15, 0.2) is 0 Å².